The maximum Gasteiger partial charge on any atom is 0.436 e. The van der Waals surface area contributed by atoms with Crippen molar-refractivity contribution >= 4 is 24.2 Å². The van der Waals surface area contributed by atoms with Crippen LogP contribution < -0.4 is 4.90 Å². The second-order valence-electron chi connectivity index (χ2n) is 7.00. The summed E-state index contributed by atoms with van der Waals surface area (Å²) in [6.07, 6.45) is -2.98. The summed E-state index contributed by atoms with van der Waals surface area (Å²) in [5.74, 6) is -1.13. The summed E-state index contributed by atoms with van der Waals surface area (Å²) in [6, 6.07) is 5.86. The van der Waals surface area contributed by atoms with Gasteiger partial charge in [-0.2, -0.15) is 18.2 Å². The predicted octanol–water partition coefficient (Wildman–Crippen LogP) is 4.73. The van der Waals surface area contributed by atoms with E-state index in [0.29, 0.717) is 17.4 Å². The number of ether oxygens (including phenoxy) is 1. The van der Waals surface area contributed by atoms with Gasteiger partial charge in [0.2, 0.25) is 0 Å². The fourth-order valence-corrected chi connectivity index (χ4v) is 2.19. The van der Waals surface area contributed by atoms with Gasteiger partial charge in [-0.3, -0.25) is 0 Å². The number of nitrogens with zero attached hydrogens (tertiary/aromatic N) is 2. The van der Waals surface area contributed by atoms with Crippen LogP contribution in [0.5, 0.6) is 0 Å². The van der Waals surface area contributed by atoms with Crippen molar-refractivity contribution in [2.75, 3.05) is 4.90 Å². The average molecular weight is 412 g/mol. The van der Waals surface area contributed by atoms with Crippen molar-refractivity contribution in [2.24, 2.45) is 0 Å². The fourth-order valence-electron chi connectivity index (χ4n) is 2.19. The molecule has 2 aromatic rings. The van der Waals surface area contributed by atoms with E-state index in [1.54, 1.807) is 45.0 Å². The lowest BCUT2D eigenvalue weighted by molar-refractivity contribution is -0.141. The number of carboxylic acids is 1. The van der Waals surface area contributed by atoms with Crippen LogP contribution in [0.3, 0.4) is 0 Å². The number of halogens is 3. The number of carbonyl (C=O) groups is 2. The van der Waals surface area contributed by atoms with E-state index in [-0.39, 0.29) is 6.54 Å². The largest absolute Gasteiger partial charge is 0.478 e. The number of alkyl halides is 3. The number of oxazole rings is 1. The van der Waals surface area contributed by atoms with Crippen molar-refractivity contribution in [3.05, 3.63) is 53.4 Å². The zero-order chi connectivity index (χ0) is 21.8. The van der Waals surface area contributed by atoms with Crippen molar-refractivity contribution in [2.45, 2.75) is 39.1 Å². The first-order valence-corrected chi connectivity index (χ1v) is 8.38. The fraction of sp³-hybridized carbons (Fsp3) is 0.316. The third-order valence-electron chi connectivity index (χ3n) is 3.34. The van der Waals surface area contributed by atoms with Crippen LogP contribution in [0.4, 0.5) is 24.0 Å². The SMILES string of the molecule is CC(C)(C)OC(=O)N(Cc1cccc(/C=C/C(=O)O)c1)c1nc(C(F)(F)F)co1. The molecule has 29 heavy (non-hydrogen) atoms. The molecule has 2 rings (SSSR count). The molecule has 0 aliphatic rings. The summed E-state index contributed by atoms with van der Waals surface area (Å²) in [6.45, 7) is 4.62. The number of hydrogen-bond acceptors (Lipinski definition) is 5. The van der Waals surface area contributed by atoms with Gasteiger partial charge in [0.25, 0.3) is 0 Å². The van der Waals surface area contributed by atoms with Gasteiger partial charge in [-0.1, -0.05) is 18.2 Å². The van der Waals surface area contributed by atoms with Gasteiger partial charge < -0.3 is 14.3 Å². The van der Waals surface area contributed by atoms with E-state index in [9.17, 15) is 22.8 Å². The normalized spacial score (nSPS) is 12.2. The molecule has 1 aromatic carbocycles. The number of rotatable bonds is 5. The Morgan fingerprint density at radius 1 is 1.28 bits per heavy atom. The number of hydrogen-bond donors (Lipinski definition) is 1. The van der Waals surface area contributed by atoms with Gasteiger partial charge in [0, 0.05) is 6.08 Å². The van der Waals surface area contributed by atoms with Crippen molar-refractivity contribution in [1.29, 1.82) is 0 Å². The van der Waals surface area contributed by atoms with Gasteiger partial charge in [0.05, 0.1) is 6.54 Å². The summed E-state index contributed by atoms with van der Waals surface area (Å²) in [5, 5.41) is 8.72. The molecule has 10 heteroatoms. The van der Waals surface area contributed by atoms with E-state index >= 15 is 0 Å². The van der Waals surface area contributed by atoms with Crippen molar-refractivity contribution in [3.63, 3.8) is 0 Å². The Labute approximate surface area is 164 Å². The summed E-state index contributed by atoms with van der Waals surface area (Å²) < 4.78 is 48.7. The smallest absolute Gasteiger partial charge is 0.436 e. The first-order valence-electron chi connectivity index (χ1n) is 8.38. The van der Waals surface area contributed by atoms with Crippen LogP contribution in [0.1, 0.15) is 37.6 Å². The average Bonchev–Trinajstić information content (AvgIpc) is 3.06. The van der Waals surface area contributed by atoms with E-state index in [2.05, 4.69) is 4.98 Å². The molecule has 0 aliphatic heterocycles. The molecule has 0 saturated heterocycles. The zero-order valence-electron chi connectivity index (χ0n) is 15.9. The topological polar surface area (TPSA) is 92.9 Å². The van der Waals surface area contributed by atoms with Crippen LogP contribution in [-0.4, -0.2) is 27.8 Å². The molecule has 7 nitrogen and oxygen atoms in total. The van der Waals surface area contributed by atoms with Crippen LogP contribution in [-0.2, 0) is 22.3 Å². The number of aromatic nitrogens is 1. The quantitative estimate of drug-likeness (QED) is 0.714. The van der Waals surface area contributed by atoms with E-state index in [0.717, 1.165) is 11.0 Å². The highest BCUT2D eigenvalue weighted by Crippen LogP contribution is 2.31. The lowest BCUT2D eigenvalue weighted by Gasteiger charge is -2.25. The van der Waals surface area contributed by atoms with Gasteiger partial charge in [-0.05, 0) is 44.0 Å². The van der Waals surface area contributed by atoms with Crippen LogP contribution in [0.25, 0.3) is 6.08 Å². The Morgan fingerprint density at radius 2 is 1.97 bits per heavy atom. The minimum Gasteiger partial charge on any atom is -0.478 e. The number of amides is 1. The standard InChI is InChI=1S/C19H19F3N2O5/c1-18(2,3)29-17(27)24(16-23-14(11-28-16)19(20,21)22)10-13-6-4-5-12(9-13)7-8-15(25)26/h4-9,11H,10H2,1-3H3,(H,25,26)/b8-7+. The molecule has 156 valence electrons. The number of anilines is 1. The molecule has 0 spiro atoms. The molecule has 1 amide bonds. The molecule has 1 N–H and O–H groups in total. The molecule has 1 aromatic heterocycles. The van der Waals surface area contributed by atoms with E-state index < -0.39 is 35.5 Å². The monoisotopic (exact) mass is 412 g/mol. The van der Waals surface area contributed by atoms with E-state index in [1.165, 1.54) is 6.08 Å². The number of carboxylic acid groups (broad SMARTS) is 1. The lowest BCUT2D eigenvalue weighted by Crippen LogP contribution is -2.36. The second-order valence-corrected chi connectivity index (χ2v) is 7.00. The van der Waals surface area contributed by atoms with Crippen molar-refractivity contribution in [3.8, 4) is 0 Å². The van der Waals surface area contributed by atoms with Gasteiger partial charge in [0.1, 0.15) is 11.9 Å². The summed E-state index contributed by atoms with van der Waals surface area (Å²) in [4.78, 5) is 27.4. The van der Waals surface area contributed by atoms with Crippen LogP contribution >= 0.6 is 0 Å². The molecule has 0 unspecified atom stereocenters. The molecule has 0 saturated carbocycles. The van der Waals surface area contributed by atoms with Crippen LogP contribution in [0, 0.1) is 0 Å². The molecule has 0 fully saturated rings. The minimum atomic E-state index is -4.73. The van der Waals surface area contributed by atoms with Gasteiger partial charge in [-0.15, -0.1) is 0 Å². The third-order valence-corrected chi connectivity index (χ3v) is 3.34. The maximum atomic E-state index is 12.9. The van der Waals surface area contributed by atoms with Crippen LogP contribution in [0.15, 0.2) is 41.0 Å². The maximum absolute atomic E-state index is 12.9. The number of aliphatic carboxylic acids is 1. The molecule has 0 bridgehead atoms. The molecule has 0 atom stereocenters. The third kappa shape index (κ3) is 6.66. The van der Waals surface area contributed by atoms with Crippen molar-refractivity contribution < 1.29 is 37.0 Å². The minimum absolute atomic E-state index is 0.207. The molecule has 0 aliphatic carbocycles. The van der Waals surface area contributed by atoms with Crippen LogP contribution in [0.2, 0.25) is 0 Å². The Balaban J connectivity index is 2.36. The van der Waals surface area contributed by atoms with E-state index in [1.807, 2.05) is 0 Å². The predicted molar refractivity (Wildman–Crippen MR) is 97.0 cm³/mol. The lowest BCUT2D eigenvalue weighted by atomic mass is 10.1. The summed E-state index contributed by atoms with van der Waals surface area (Å²) in [5.41, 5.74) is -1.16. The molecule has 1 heterocycles. The van der Waals surface area contributed by atoms with Gasteiger partial charge in [0.15, 0.2) is 5.69 Å². The second kappa shape index (κ2) is 8.38. The molecular weight excluding hydrogens is 393 g/mol. The Kier molecular flexibility index (Phi) is 6.35. The highest BCUT2D eigenvalue weighted by molar-refractivity contribution is 5.86. The van der Waals surface area contributed by atoms with Gasteiger partial charge >= 0.3 is 24.3 Å². The number of benzene rings is 1. The highest BCUT2D eigenvalue weighted by Gasteiger charge is 2.37. The van der Waals surface area contributed by atoms with E-state index in [4.69, 9.17) is 14.3 Å². The number of carbonyl (C=O) groups excluding carboxylic acids is 1. The molecular formula is C19H19F3N2O5. The molecule has 0 radical (unpaired) electrons. The zero-order valence-corrected chi connectivity index (χ0v) is 15.9. The Hall–Kier alpha value is -3.30. The highest BCUT2D eigenvalue weighted by atomic mass is 19.4. The van der Waals surface area contributed by atoms with Crippen molar-refractivity contribution in [1.82, 2.24) is 4.98 Å². The first kappa shape index (κ1) is 22.0. The van der Waals surface area contributed by atoms with Gasteiger partial charge in [-0.25, -0.2) is 14.5 Å². The summed E-state index contributed by atoms with van der Waals surface area (Å²) in [7, 11) is 0. The Bertz CT molecular complexity index is 913. The summed E-state index contributed by atoms with van der Waals surface area (Å²) >= 11 is 0. The Morgan fingerprint density at radius 3 is 2.52 bits per heavy atom. The first-order chi connectivity index (χ1) is 13.3.